The Bertz CT molecular complexity index is 1820. The number of allylic oxidation sites excluding steroid dienone is 1. The molecule has 208 valence electrons. The Morgan fingerprint density at radius 3 is 2.49 bits per heavy atom. The number of benzene rings is 3. The Morgan fingerprint density at radius 2 is 1.76 bits per heavy atom. The van der Waals surface area contributed by atoms with Gasteiger partial charge in [-0.05, 0) is 60.5 Å². The summed E-state index contributed by atoms with van der Waals surface area (Å²) >= 11 is 1.25. The van der Waals surface area contributed by atoms with Crippen molar-refractivity contribution in [1.82, 2.24) is 4.57 Å². The zero-order chi connectivity index (χ0) is 28.9. The number of nitrogens with zero attached hydrogens (tertiary/aromatic N) is 2. The summed E-state index contributed by atoms with van der Waals surface area (Å²) in [6.07, 6.45) is 3.28. The van der Waals surface area contributed by atoms with Crippen molar-refractivity contribution in [2.24, 2.45) is 4.99 Å². The van der Waals surface area contributed by atoms with Crippen molar-refractivity contribution in [1.29, 1.82) is 0 Å². The highest BCUT2D eigenvalue weighted by atomic mass is 32.1. The molecule has 0 saturated heterocycles. The molecule has 0 spiro atoms. The highest BCUT2D eigenvalue weighted by Crippen LogP contribution is 2.36. The number of hydrogen-bond donors (Lipinski definition) is 0. The lowest BCUT2D eigenvalue weighted by Gasteiger charge is -2.25. The van der Waals surface area contributed by atoms with Crippen LogP contribution >= 0.6 is 11.3 Å². The van der Waals surface area contributed by atoms with Gasteiger partial charge in [0.25, 0.3) is 5.56 Å². The first-order valence-electron chi connectivity index (χ1n) is 12.8. The third-order valence-electron chi connectivity index (χ3n) is 6.43. The van der Waals surface area contributed by atoms with E-state index in [9.17, 15) is 9.59 Å². The molecule has 1 aliphatic rings. The minimum Gasteiger partial charge on any atom is -0.493 e. The molecular weight excluding hydrogens is 540 g/mol. The molecule has 1 unspecified atom stereocenters. The molecule has 0 N–H and O–H groups in total. The molecule has 0 aliphatic carbocycles. The maximum Gasteiger partial charge on any atom is 0.338 e. The lowest BCUT2D eigenvalue weighted by atomic mass is 9.95. The van der Waals surface area contributed by atoms with Gasteiger partial charge in [-0.15, -0.1) is 0 Å². The smallest absolute Gasteiger partial charge is 0.338 e. The van der Waals surface area contributed by atoms with Crippen LogP contribution < -0.4 is 29.1 Å². The van der Waals surface area contributed by atoms with E-state index in [0.29, 0.717) is 43.6 Å². The monoisotopic (exact) mass is 568 g/mol. The lowest BCUT2D eigenvalue weighted by Crippen LogP contribution is -2.40. The van der Waals surface area contributed by atoms with E-state index in [1.807, 2.05) is 54.6 Å². The highest BCUT2D eigenvalue weighted by molar-refractivity contribution is 7.07. The fraction of sp³-hybridized carbons (Fsp3) is 0.156. The maximum absolute atomic E-state index is 13.9. The molecule has 41 heavy (non-hydrogen) atoms. The Hall–Kier alpha value is -4.89. The Labute approximate surface area is 240 Å². The maximum atomic E-state index is 13.9. The van der Waals surface area contributed by atoms with Gasteiger partial charge >= 0.3 is 5.97 Å². The number of carbonyl (C=O) groups excluding carboxylic acids is 1. The van der Waals surface area contributed by atoms with Gasteiger partial charge in [0.05, 0.1) is 36.1 Å². The number of carbonyl (C=O) groups is 1. The number of hydrogen-bond acceptors (Lipinski definition) is 8. The number of ether oxygens (including phenoxy) is 4. The molecule has 0 amide bonds. The van der Waals surface area contributed by atoms with Gasteiger partial charge in [0, 0.05) is 0 Å². The molecule has 2 heterocycles. The molecule has 4 aromatic rings. The Balaban J connectivity index is 1.63. The minimum absolute atomic E-state index is 0.0279. The van der Waals surface area contributed by atoms with Crippen molar-refractivity contribution in [3.63, 3.8) is 0 Å². The highest BCUT2D eigenvalue weighted by Gasteiger charge is 2.34. The first kappa shape index (κ1) is 27.7. The third kappa shape index (κ3) is 5.71. The van der Waals surface area contributed by atoms with Gasteiger partial charge in [0.2, 0.25) is 0 Å². The second kappa shape index (κ2) is 12.1. The second-order valence-corrected chi connectivity index (χ2v) is 10.1. The van der Waals surface area contributed by atoms with E-state index in [0.717, 1.165) is 5.56 Å². The van der Waals surface area contributed by atoms with E-state index in [2.05, 4.69) is 11.6 Å². The number of rotatable bonds is 9. The summed E-state index contributed by atoms with van der Waals surface area (Å²) in [4.78, 5) is 32.3. The standard InChI is InChI=1S/C32H28N2O6S/c1-5-16-39-31(36)28-20(2)33-32-34(29(28)22-14-15-25(37-3)26(19-22)38-4)30(35)27(41-32)18-21-10-9-13-24(17-21)40-23-11-7-6-8-12-23/h5-15,17-19,29H,1,16H2,2-4H3. The average molecular weight is 569 g/mol. The molecule has 1 aliphatic heterocycles. The largest absolute Gasteiger partial charge is 0.493 e. The molecule has 1 aromatic heterocycles. The van der Waals surface area contributed by atoms with E-state index in [1.54, 1.807) is 38.3 Å². The normalized spacial score (nSPS) is 14.6. The van der Waals surface area contributed by atoms with Gasteiger partial charge in [-0.2, -0.15) is 0 Å². The average Bonchev–Trinajstić information content (AvgIpc) is 3.29. The molecule has 8 nitrogen and oxygen atoms in total. The molecule has 9 heteroatoms. The van der Waals surface area contributed by atoms with Gasteiger partial charge in [0.15, 0.2) is 16.3 Å². The van der Waals surface area contributed by atoms with Crippen LogP contribution in [-0.2, 0) is 9.53 Å². The van der Waals surface area contributed by atoms with Gasteiger partial charge in [-0.3, -0.25) is 9.36 Å². The molecule has 1 atom stereocenters. The van der Waals surface area contributed by atoms with E-state index in [1.165, 1.54) is 29.1 Å². The first-order valence-corrected chi connectivity index (χ1v) is 13.6. The molecule has 3 aromatic carbocycles. The quantitative estimate of drug-likeness (QED) is 0.214. The predicted molar refractivity (Wildman–Crippen MR) is 157 cm³/mol. The molecular formula is C32H28N2O6S. The summed E-state index contributed by atoms with van der Waals surface area (Å²) < 4.78 is 24.3. The minimum atomic E-state index is -0.793. The van der Waals surface area contributed by atoms with Crippen molar-refractivity contribution in [2.75, 3.05) is 20.8 Å². The van der Waals surface area contributed by atoms with Crippen molar-refractivity contribution < 1.29 is 23.7 Å². The van der Waals surface area contributed by atoms with E-state index in [-0.39, 0.29) is 17.7 Å². The Morgan fingerprint density at radius 1 is 1.00 bits per heavy atom. The molecule has 0 bridgehead atoms. The van der Waals surface area contributed by atoms with Gasteiger partial charge < -0.3 is 18.9 Å². The fourth-order valence-corrected chi connectivity index (χ4v) is 5.62. The molecule has 0 fully saturated rings. The van der Waals surface area contributed by atoms with Crippen LogP contribution in [0.5, 0.6) is 23.0 Å². The second-order valence-electron chi connectivity index (χ2n) is 9.07. The van der Waals surface area contributed by atoms with Crippen LogP contribution in [-0.4, -0.2) is 31.4 Å². The van der Waals surface area contributed by atoms with Crippen LogP contribution in [0.3, 0.4) is 0 Å². The topological polar surface area (TPSA) is 88.4 Å². The SMILES string of the molecule is C=CCOC(=O)C1=C(C)N=c2sc(=Cc3cccc(Oc4ccccc4)c3)c(=O)n2C1c1ccc(OC)c(OC)c1. The van der Waals surface area contributed by atoms with Crippen molar-refractivity contribution in [2.45, 2.75) is 13.0 Å². The number of para-hydroxylation sites is 1. The summed E-state index contributed by atoms with van der Waals surface area (Å²) in [5.41, 5.74) is 1.87. The molecule has 0 radical (unpaired) electrons. The van der Waals surface area contributed by atoms with E-state index in [4.69, 9.17) is 18.9 Å². The Kier molecular flexibility index (Phi) is 8.16. The fourth-order valence-electron chi connectivity index (χ4n) is 4.58. The summed E-state index contributed by atoms with van der Waals surface area (Å²) in [6, 6.07) is 21.4. The predicted octanol–water partition coefficient (Wildman–Crippen LogP) is 4.77. The summed E-state index contributed by atoms with van der Waals surface area (Å²) in [5, 5.41) is 0. The number of fused-ring (bicyclic) bond motifs is 1. The van der Waals surface area contributed by atoms with Gasteiger partial charge in [-0.1, -0.05) is 60.4 Å². The number of thiazole rings is 1. The van der Waals surface area contributed by atoms with Crippen LogP contribution in [0.1, 0.15) is 24.1 Å². The van der Waals surface area contributed by atoms with Crippen LogP contribution in [0.15, 0.2) is 107 Å². The van der Waals surface area contributed by atoms with Crippen molar-refractivity contribution in [3.8, 4) is 23.0 Å². The van der Waals surface area contributed by atoms with Crippen molar-refractivity contribution in [3.05, 3.63) is 128 Å². The van der Waals surface area contributed by atoms with Gasteiger partial charge in [0.1, 0.15) is 18.1 Å². The van der Waals surface area contributed by atoms with Crippen molar-refractivity contribution >= 4 is 23.4 Å². The summed E-state index contributed by atoms with van der Waals surface area (Å²) in [7, 11) is 3.08. The molecule has 5 rings (SSSR count). The number of methoxy groups -OCH3 is 2. The zero-order valence-corrected chi connectivity index (χ0v) is 23.6. The van der Waals surface area contributed by atoms with Crippen LogP contribution in [0.4, 0.5) is 0 Å². The lowest BCUT2D eigenvalue weighted by molar-refractivity contribution is -0.138. The van der Waals surface area contributed by atoms with E-state index >= 15 is 0 Å². The first-order chi connectivity index (χ1) is 19.9. The van der Waals surface area contributed by atoms with Crippen LogP contribution in [0.2, 0.25) is 0 Å². The number of esters is 1. The van der Waals surface area contributed by atoms with Gasteiger partial charge in [-0.25, -0.2) is 9.79 Å². The van der Waals surface area contributed by atoms with E-state index < -0.39 is 12.0 Å². The third-order valence-corrected chi connectivity index (χ3v) is 7.41. The zero-order valence-electron chi connectivity index (χ0n) is 22.8. The summed E-state index contributed by atoms with van der Waals surface area (Å²) in [6.45, 7) is 5.39. The number of aromatic nitrogens is 1. The summed E-state index contributed by atoms with van der Waals surface area (Å²) in [5.74, 6) is 1.77. The van der Waals surface area contributed by atoms with Crippen LogP contribution in [0.25, 0.3) is 6.08 Å². The molecule has 0 saturated carbocycles. The van der Waals surface area contributed by atoms with Crippen LogP contribution in [0, 0.1) is 0 Å².